The fourth-order valence-corrected chi connectivity index (χ4v) is 4.34. The first-order valence-electron chi connectivity index (χ1n) is 11.1. The monoisotopic (exact) mass is 428 g/mol. The Balaban J connectivity index is 1.46. The van der Waals surface area contributed by atoms with E-state index in [0.717, 1.165) is 79.9 Å². The van der Waals surface area contributed by atoms with E-state index in [9.17, 15) is 0 Å². The van der Waals surface area contributed by atoms with Gasteiger partial charge in [0.1, 0.15) is 5.76 Å². The highest BCUT2D eigenvalue weighted by Gasteiger charge is 2.36. The molecule has 0 unspecified atom stereocenters. The standard InChI is InChI=1S/C23H32N4O4/c1-4-18-17(19(5-2)31-27-18)13-25-22(24-3)26-14-23(8-10-28-11-9-23)16-6-7-20-21(12-16)30-15-29-20/h6-7,12H,4-5,8-11,13-15H2,1-3H3,(H2,24,25,26). The number of aryl methyl sites for hydroxylation is 2. The molecular weight excluding hydrogens is 396 g/mol. The molecule has 0 amide bonds. The highest BCUT2D eigenvalue weighted by atomic mass is 16.7. The van der Waals surface area contributed by atoms with Gasteiger partial charge < -0.3 is 29.4 Å². The first-order chi connectivity index (χ1) is 15.2. The maximum atomic E-state index is 5.67. The number of aromatic nitrogens is 1. The van der Waals surface area contributed by atoms with Gasteiger partial charge in [-0.05, 0) is 37.0 Å². The molecule has 0 bridgehead atoms. The third-order valence-electron chi connectivity index (χ3n) is 6.29. The number of rotatable bonds is 7. The Morgan fingerprint density at radius 2 is 1.90 bits per heavy atom. The molecule has 2 aromatic rings. The minimum Gasteiger partial charge on any atom is -0.454 e. The molecule has 0 aliphatic carbocycles. The van der Waals surface area contributed by atoms with Gasteiger partial charge in [-0.2, -0.15) is 0 Å². The molecule has 8 heteroatoms. The van der Waals surface area contributed by atoms with Gasteiger partial charge in [0.2, 0.25) is 6.79 Å². The Bertz CT molecular complexity index is 897. The molecule has 0 radical (unpaired) electrons. The lowest BCUT2D eigenvalue weighted by Gasteiger charge is -2.38. The quantitative estimate of drug-likeness (QED) is 0.518. The van der Waals surface area contributed by atoms with Crippen LogP contribution in [0.3, 0.4) is 0 Å². The molecule has 31 heavy (non-hydrogen) atoms. The molecular formula is C23H32N4O4. The van der Waals surface area contributed by atoms with Crippen molar-refractivity contribution in [3.05, 3.63) is 40.8 Å². The molecule has 1 fully saturated rings. The second kappa shape index (κ2) is 9.60. The predicted molar refractivity (Wildman–Crippen MR) is 118 cm³/mol. The van der Waals surface area contributed by atoms with Crippen LogP contribution in [-0.2, 0) is 29.5 Å². The molecule has 1 aromatic heterocycles. The van der Waals surface area contributed by atoms with E-state index in [4.69, 9.17) is 18.7 Å². The molecule has 0 spiro atoms. The zero-order valence-electron chi connectivity index (χ0n) is 18.6. The molecule has 2 aliphatic rings. The van der Waals surface area contributed by atoms with Crippen molar-refractivity contribution < 1.29 is 18.7 Å². The van der Waals surface area contributed by atoms with Gasteiger partial charge in [0, 0.05) is 50.8 Å². The van der Waals surface area contributed by atoms with Crippen molar-refractivity contribution in [1.82, 2.24) is 15.8 Å². The highest BCUT2D eigenvalue weighted by Crippen LogP contribution is 2.40. The van der Waals surface area contributed by atoms with Crippen molar-refractivity contribution in [3.8, 4) is 11.5 Å². The number of guanidine groups is 1. The van der Waals surface area contributed by atoms with E-state index in [1.165, 1.54) is 5.56 Å². The first kappa shape index (κ1) is 21.5. The van der Waals surface area contributed by atoms with Crippen LogP contribution >= 0.6 is 0 Å². The Morgan fingerprint density at radius 1 is 1.10 bits per heavy atom. The van der Waals surface area contributed by atoms with Gasteiger partial charge in [0.15, 0.2) is 17.5 Å². The highest BCUT2D eigenvalue weighted by molar-refractivity contribution is 5.79. The smallest absolute Gasteiger partial charge is 0.231 e. The van der Waals surface area contributed by atoms with Crippen LogP contribution in [-0.4, -0.2) is 44.7 Å². The SMILES string of the molecule is CCc1noc(CC)c1CNC(=NC)NCC1(c2ccc3c(c2)OCO3)CCOCC1. The van der Waals surface area contributed by atoms with Gasteiger partial charge in [-0.25, -0.2) is 0 Å². The molecule has 1 aromatic carbocycles. The van der Waals surface area contributed by atoms with Crippen molar-refractivity contribution in [2.75, 3.05) is 33.6 Å². The molecule has 2 N–H and O–H groups in total. The number of ether oxygens (including phenoxy) is 3. The maximum absolute atomic E-state index is 5.67. The molecule has 4 rings (SSSR count). The molecule has 0 saturated carbocycles. The van der Waals surface area contributed by atoms with Gasteiger partial charge in [0.25, 0.3) is 0 Å². The van der Waals surface area contributed by atoms with Gasteiger partial charge in [-0.1, -0.05) is 25.1 Å². The largest absolute Gasteiger partial charge is 0.454 e. The summed E-state index contributed by atoms with van der Waals surface area (Å²) in [7, 11) is 1.79. The molecule has 2 aliphatic heterocycles. The van der Waals surface area contributed by atoms with Crippen LogP contribution in [0.5, 0.6) is 11.5 Å². The van der Waals surface area contributed by atoms with Gasteiger partial charge in [-0.3, -0.25) is 4.99 Å². The minimum absolute atomic E-state index is 0.0583. The van der Waals surface area contributed by atoms with Crippen LogP contribution in [0.1, 0.15) is 49.3 Å². The van der Waals surface area contributed by atoms with Gasteiger partial charge in [-0.15, -0.1) is 0 Å². The van der Waals surface area contributed by atoms with E-state index in [1.54, 1.807) is 7.05 Å². The summed E-state index contributed by atoms with van der Waals surface area (Å²) in [5, 5.41) is 11.2. The predicted octanol–water partition coefficient (Wildman–Crippen LogP) is 2.94. The van der Waals surface area contributed by atoms with Crippen LogP contribution in [0, 0.1) is 0 Å². The second-order valence-corrected chi connectivity index (χ2v) is 7.98. The average Bonchev–Trinajstić information content (AvgIpc) is 3.45. The summed E-state index contributed by atoms with van der Waals surface area (Å²) in [5.41, 5.74) is 3.31. The fourth-order valence-electron chi connectivity index (χ4n) is 4.34. The van der Waals surface area contributed by atoms with Crippen molar-refractivity contribution >= 4 is 5.96 Å². The Labute approximate surface area is 183 Å². The van der Waals surface area contributed by atoms with Crippen molar-refractivity contribution in [2.45, 2.75) is 51.5 Å². The van der Waals surface area contributed by atoms with E-state index >= 15 is 0 Å². The lowest BCUT2D eigenvalue weighted by atomic mass is 9.74. The summed E-state index contributed by atoms with van der Waals surface area (Å²) < 4.78 is 22.3. The summed E-state index contributed by atoms with van der Waals surface area (Å²) in [4.78, 5) is 4.43. The van der Waals surface area contributed by atoms with E-state index in [2.05, 4.69) is 46.8 Å². The second-order valence-electron chi connectivity index (χ2n) is 7.98. The lowest BCUT2D eigenvalue weighted by molar-refractivity contribution is 0.0513. The topological polar surface area (TPSA) is 90.1 Å². The van der Waals surface area contributed by atoms with Crippen LogP contribution in [0.25, 0.3) is 0 Å². The summed E-state index contributed by atoms with van der Waals surface area (Å²) >= 11 is 0. The number of benzene rings is 1. The third-order valence-corrected chi connectivity index (χ3v) is 6.29. The fraction of sp³-hybridized carbons (Fsp3) is 0.565. The summed E-state index contributed by atoms with van der Waals surface area (Å²) in [6.07, 6.45) is 3.54. The first-order valence-corrected chi connectivity index (χ1v) is 11.1. The van der Waals surface area contributed by atoms with E-state index < -0.39 is 0 Å². The van der Waals surface area contributed by atoms with Crippen molar-refractivity contribution in [1.29, 1.82) is 0 Å². The molecule has 3 heterocycles. The minimum atomic E-state index is -0.0583. The molecule has 0 atom stereocenters. The number of hydrogen-bond donors (Lipinski definition) is 2. The van der Waals surface area contributed by atoms with Crippen LogP contribution in [0.15, 0.2) is 27.7 Å². The van der Waals surface area contributed by atoms with Crippen molar-refractivity contribution in [2.24, 2.45) is 4.99 Å². The Kier molecular flexibility index (Phi) is 6.65. The summed E-state index contributed by atoms with van der Waals surface area (Å²) in [6, 6.07) is 6.27. The molecule has 8 nitrogen and oxygen atoms in total. The van der Waals surface area contributed by atoms with Crippen LogP contribution < -0.4 is 20.1 Å². The molecule has 1 saturated heterocycles. The summed E-state index contributed by atoms with van der Waals surface area (Å²) in [6.45, 7) is 7.32. The van der Waals surface area contributed by atoms with E-state index in [-0.39, 0.29) is 12.2 Å². The van der Waals surface area contributed by atoms with Crippen molar-refractivity contribution in [3.63, 3.8) is 0 Å². The number of fused-ring (bicyclic) bond motifs is 1. The summed E-state index contributed by atoms with van der Waals surface area (Å²) in [5.74, 6) is 3.32. The maximum Gasteiger partial charge on any atom is 0.231 e. The Hall–Kier alpha value is -2.74. The van der Waals surface area contributed by atoms with Crippen LogP contribution in [0.2, 0.25) is 0 Å². The third kappa shape index (κ3) is 4.49. The van der Waals surface area contributed by atoms with Gasteiger partial charge >= 0.3 is 0 Å². The van der Waals surface area contributed by atoms with Gasteiger partial charge in [0.05, 0.1) is 5.69 Å². The number of aliphatic imine (C=N–C) groups is 1. The normalized spacial score (nSPS) is 17.6. The van der Waals surface area contributed by atoms with E-state index in [1.807, 2.05) is 6.07 Å². The zero-order chi connectivity index (χ0) is 21.7. The number of hydrogen-bond acceptors (Lipinski definition) is 6. The number of nitrogens with one attached hydrogen (secondary N) is 2. The van der Waals surface area contributed by atoms with Crippen LogP contribution in [0.4, 0.5) is 0 Å². The Morgan fingerprint density at radius 3 is 2.65 bits per heavy atom. The molecule has 168 valence electrons. The number of nitrogens with zero attached hydrogens (tertiary/aromatic N) is 2. The van der Waals surface area contributed by atoms with E-state index in [0.29, 0.717) is 6.54 Å². The average molecular weight is 429 g/mol. The lowest BCUT2D eigenvalue weighted by Crippen LogP contribution is -2.48. The zero-order valence-corrected chi connectivity index (χ0v) is 18.6.